The van der Waals surface area contributed by atoms with Crippen LogP contribution in [-0.2, 0) is 4.79 Å². The molecule has 0 fully saturated rings. The van der Waals surface area contributed by atoms with E-state index in [1.165, 1.54) is 0 Å². The number of nitrogens with zero attached hydrogens (tertiary/aromatic N) is 1. The Kier molecular flexibility index (Phi) is 5.19. The lowest BCUT2D eigenvalue weighted by Crippen LogP contribution is -2.11. The van der Waals surface area contributed by atoms with E-state index in [4.69, 9.17) is 10.4 Å². The normalized spacial score (nSPS) is 11.6. The maximum atomic E-state index is 10.6. The molecule has 1 atom stereocenters. The molecule has 0 radical (unpaired) electrons. The third kappa shape index (κ3) is 4.10. The third-order valence-electron chi connectivity index (χ3n) is 2.91. The molecule has 4 nitrogen and oxygen atoms in total. The molecule has 96 valence electrons. The SMILES string of the molecule is Cc1cc(NCCCC(C)C(=O)O)ccc1C#N. The van der Waals surface area contributed by atoms with E-state index in [1.54, 1.807) is 13.0 Å². The molecule has 0 bridgehead atoms. The second kappa shape index (κ2) is 6.65. The van der Waals surface area contributed by atoms with Crippen molar-refractivity contribution in [2.24, 2.45) is 5.92 Å². The fraction of sp³-hybridized carbons (Fsp3) is 0.429. The summed E-state index contributed by atoms with van der Waals surface area (Å²) in [5.41, 5.74) is 2.59. The van der Waals surface area contributed by atoms with Crippen molar-refractivity contribution in [3.8, 4) is 6.07 Å². The van der Waals surface area contributed by atoms with Gasteiger partial charge in [0.25, 0.3) is 0 Å². The minimum atomic E-state index is -0.746. The molecule has 1 unspecified atom stereocenters. The van der Waals surface area contributed by atoms with Gasteiger partial charge in [0.2, 0.25) is 0 Å². The van der Waals surface area contributed by atoms with E-state index in [0.29, 0.717) is 12.0 Å². The molecule has 0 saturated heterocycles. The average molecular weight is 246 g/mol. The number of hydrogen-bond donors (Lipinski definition) is 2. The summed E-state index contributed by atoms with van der Waals surface area (Å²) in [4.78, 5) is 10.6. The van der Waals surface area contributed by atoms with Gasteiger partial charge < -0.3 is 10.4 Å². The van der Waals surface area contributed by atoms with Crippen LogP contribution in [0.25, 0.3) is 0 Å². The van der Waals surface area contributed by atoms with Crippen molar-refractivity contribution < 1.29 is 9.90 Å². The Morgan fingerprint density at radius 2 is 2.28 bits per heavy atom. The van der Waals surface area contributed by atoms with E-state index in [0.717, 1.165) is 24.2 Å². The standard InChI is InChI=1S/C14H18N2O2/c1-10(14(17)18)4-3-7-16-13-6-5-12(9-15)11(2)8-13/h5-6,8,10,16H,3-4,7H2,1-2H3,(H,17,18). The number of aliphatic carboxylic acids is 1. The largest absolute Gasteiger partial charge is 0.481 e. The Morgan fingerprint density at radius 1 is 1.56 bits per heavy atom. The van der Waals surface area contributed by atoms with Crippen LogP contribution in [0.4, 0.5) is 5.69 Å². The summed E-state index contributed by atoms with van der Waals surface area (Å²) in [7, 11) is 0. The highest BCUT2D eigenvalue weighted by molar-refractivity contribution is 5.69. The first kappa shape index (κ1) is 14.0. The predicted molar refractivity (Wildman–Crippen MR) is 70.4 cm³/mol. The summed E-state index contributed by atoms with van der Waals surface area (Å²) < 4.78 is 0. The molecule has 0 aromatic heterocycles. The van der Waals surface area contributed by atoms with E-state index in [9.17, 15) is 4.79 Å². The van der Waals surface area contributed by atoms with Crippen LogP contribution in [-0.4, -0.2) is 17.6 Å². The zero-order valence-corrected chi connectivity index (χ0v) is 10.7. The Morgan fingerprint density at radius 3 is 2.83 bits per heavy atom. The summed E-state index contributed by atoms with van der Waals surface area (Å²) in [6, 6.07) is 7.71. The Hall–Kier alpha value is -2.02. The van der Waals surface area contributed by atoms with Crippen molar-refractivity contribution in [2.45, 2.75) is 26.7 Å². The predicted octanol–water partition coefficient (Wildman–Crippen LogP) is 2.78. The summed E-state index contributed by atoms with van der Waals surface area (Å²) >= 11 is 0. The highest BCUT2D eigenvalue weighted by atomic mass is 16.4. The topological polar surface area (TPSA) is 73.1 Å². The molecule has 1 aromatic rings. The second-order valence-corrected chi connectivity index (χ2v) is 4.45. The van der Waals surface area contributed by atoms with Crippen molar-refractivity contribution in [1.29, 1.82) is 5.26 Å². The number of aryl methyl sites for hydroxylation is 1. The van der Waals surface area contributed by atoms with Crippen molar-refractivity contribution in [1.82, 2.24) is 0 Å². The molecule has 0 amide bonds. The first-order valence-corrected chi connectivity index (χ1v) is 6.02. The molecule has 1 rings (SSSR count). The monoisotopic (exact) mass is 246 g/mol. The number of hydrogen-bond acceptors (Lipinski definition) is 3. The first-order valence-electron chi connectivity index (χ1n) is 6.02. The second-order valence-electron chi connectivity index (χ2n) is 4.45. The van der Waals surface area contributed by atoms with Crippen LogP contribution in [0.5, 0.6) is 0 Å². The molecule has 4 heteroatoms. The highest BCUT2D eigenvalue weighted by Gasteiger charge is 2.09. The average Bonchev–Trinajstić information content (AvgIpc) is 2.34. The number of benzene rings is 1. The molecule has 0 aliphatic rings. The van der Waals surface area contributed by atoms with Gasteiger partial charge in [-0.05, 0) is 43.5 Å². The Bertz CT molecular complexity index is 463. The van der Waals surface area contributed by atoms with E-state index < -0.39 is 5.97 Å². The van der Waals surface area contributed by atoms with Crippen LogP contribution < -0.4 is 5.32 Å². The fourth-order valence-electron chi connectivity index (χ4n) is 1.66. The van der Waals surface area contributed by atoms with Gasteiger partial charge in [-0.3, -0.25) is 4.79 Å². The minimum Gasteiger partial charge on any atom is -0.481 e. The van der Waals surface area contributed by atoms with Crippen LogP contribution in [0, 0.1) is 24.2 Å². The number of carboxylic acid groups (broad SMARTS) is 1. The van der Waals surface area contributed by atoms with Crippen molar-refractivity contribution in [3.63, 3.8) is 0 Å². The summed E-state index contributed by atoms with van der Waals surface area (Å²) in [6.07, 6.45) is 1.48. The quantitative estimate of drug-likeness (QED) is 0.757. The lowest BCUT2D eigenvalue weighted by molar-refractivity contribution is -0.141. The number of nitriles is 1. The first-order chi connectivity index (χ1) is 8.54. The number of anilines is 1. The molecule has 0 spiro atoms. The zero-order chi connectivity index (χ0) is 13.5. The minimum absolute atomic E-state index is 0.297. The molecule has 0 aliphatic carbocycles. The third-order valence-corrected chi connectivity index (χ3v) is 2.91. The van der Waals surface area contributed by atoms with Crippen LogP contribution in [0.2, 0.25) is 0 Å². The Balaban J connectivity index is 2.39. The van der Waals surface area contributed by atoms with Crippen molar-refractivity contribution in [2.75, 3.05) is 11.9 Å². The van der Waals surface area contributed by atoms with Gasteiger partial charge in [0.05, 0.1) is 17.6 Å². The van der Waals surface area contributed by atoms with Crippen molar-refractivity contribution >= 4 is 11.7 Å². The Labute approximate surface area is 107 Å². The van der Waals surface area contributed by atoms with E-state index in [1.807, 2.05) is 19.1 Å². The van der Waals surface area contributed by atoms with Gasteiger partial charge in [0.15, 0.2) is 0 Å². The highest BCUT2D eigenvalue weighted by Crippen LogP contribution is 2.14. The van der Waals surface area contributed by atoms with Gasteiger partial charge in [-0.1, -0.05) is 6.92 Å². The van der Waals surface area contributed by atoms with E-state index in [-0.39, 0.29) is 5.92 Å². The maximum Gasteiger partial charge on any atom is 0.306 e. The van der Waals surface area contributed by atoms with Crippen LogP contribution in [0.3, 0.4) is 0 Å². The van der Waals surface area contributed by atoms with E-state index in [2.05, 4.69) is 11.4 Å². The molecular formula is C14H18N2O2. The molecule has 2 N–H and O–H groups in total. The van der Waals surface area contributed by atoms with E-state index >= 15 is 0 Å². The lowest BCUT2D eigenvalue weighted by atomic mass is 10.1. The maximum absolute atomic E-state index is 10.6. The summed E-state index contributed by atoms with van der Waals surface area (Å²) in [5.74, 6) is -1.04. The smallest absolute Gasteiger partial charge is 0.306 e. The zero-order valence-electron chi connectivity index (χ0n) is 10.7. The number of carbonyl (C=O) groups is 1. The summed E-state index contributed by atoms with van der Waals surface area (Å²) in [5, 5.41) is 20.8. The molecule has 0 aliphatic heterocycles. The molecule has 1 aromatic carbocycles. The van der Waals surface area contributed by atoms with Gasteiger partial charge in [0.1, 0.15) is 0 Å². The molecule has 0 heterocycles. The fourth-order valence-corrected chi connectivity index (χ4v) is 1.66. The van der Waals surface area contributed by atoms with Crippen molar-refractivity contribution in [3.05, 3.63) is 29.3 Å². The van der Waals surface area contributed by atoms with Gasteiger partial charge in [0, 0.05) is 12.2 Å². The van der Waals surface area contributed by atoms with Gasteiger partial charge >= 0.3 is 5.97 Å². The van der Waals surface area contributed by atoms with Crippen LogP contribution in [0.1, 0.15) is 30.9 Å². The molecule has 18 heavy (non-hydrogen) atoms. The van der Waals surface area contributed by atoms with Crippen LogP contribution in [0.15, 0.2) is 18.2 Å². The number of carboxylic acids is 1. The molecular weight excluding hydrogens is 228 g/mol. The number of nitrogens with one attached hydrogen (secondary N) is 1. The summed E-state index contributed by atoms with van der Waals surface area (Å²) in [6.45, 7) is 4.35. The number of rotatable bonds is 6. The van der Waals surface area contributed by atoms with Gasteiger partial charge in [-0.15, -0.1) is 0 Å². The lowest BCUT2D eigenvalue weighted by Gasteiger charge is -2.09. The molecule has 0 saturated carbocycles. The van der Waals surface area contributed by atoms with Crippen LogP contribution >= 0.6 is 0 Å². The van der Waals surface area contributed by atoms with Gasteiger partial charge in [-0.25, -0.2) is 0 Å². The van der Waals surface area contributed by atoms with Gasteiger partial charge in [-0.2, -0.15) is 5.26 Å².